The van der Waals surface area contributed by atoms with E-state index in [0.717, 1.165) is 39.5 Å². The molecule has 1 aliphatic rings. The zero-order valence-electron chi connectivity index (χ0n) is 18.9. The summed E-state index contributed by atoms with van der Waals surface area (Å²) < 4.78 is 8.15. The molecule has 4 aromatic rings. The van der Waals surface area contributed by atoms with Gasteiger partial charge in [0.15, 0.2) is 16.0 Å². The SMILES string of the molecule is CC[C@@]1(C)Cc2c(sc3nc(SC)n4c(S[C@@H](C)C(=O)Nc5ccccc5)nnc4c23)CO1. The van der Waals surface area contributed by atoms with Crippen molar-refractivity contribution in [3.05, 3.63) is 40.8 Å². The van der Waals surface area contributed by atoms with Gasteiger partial charge in [-0.1, -0.05) is 48.6 Å². The average Bonchev–Trinajstić information content (AvgIpc) is 3.39. The third-order valence-electron chi connectivity index (χ3n) is 6.04. The Morgan fingerprint density at radius 3 is 2.82 bits per heavy atom. The van der Waals surface area contributed by atoms with Crippen molar-refractivity contribution in [3.8, 4) is 0 Å². The number of fused-ring (bicyclic) bond motifs is 5. The molecule has 0 unspecified atom stereocenters. The monoisotopic (exact) mass is 499 g/mol. The van der Waals surface area contributed by atoms with E-state index in [1.165, 1.54) is 22.2 Å². The topological polar surface area (TPSA) is 81.4 Å². The second-order valence-corrected chi connectivity index (χ2v) is 11.5. The van der Waals surface area contributed by atoms with Gasteiger partial charge < -0.3 is 10.1 Å². The van der Waals surface area contributed by atoms with Gasteiger partial charge >= 0.3 is 0 Å². The number of benzene rings is 1. The van der Waals surface area contributed by atoms with Crippen LogP contribution >= 0.6 is 34.9 Å². The minimum atomic E-state index is -0.351. The zero-order valence-corrected chi connectivity index (χ0v) is 21.4. The molecule has 10 heteroatoms. The Labute approximate surface area is 204 Å². The molecule has 0 spiro atoms. The Hall–Kier alpha value is -2.14. The molecular formula is C23H25N5O2S3. The van der Waals surface area contributed by atoms with Crippen LogP contribution in [0.1, 0.15) is 37.6 Å². The van der Waals surface area contributed by atoms with E-state index < -0.39 is 0 Å². The number of thiophene rings is 1. The van der Waals surface area contributed by atoms with Gasteiger partial charge in [-0.2, -0.15) is 0 Å². The van der Waals surface area contributed by atoms with Crippen molar-refractivity contribution in [2.45, 2.75) is 61.4 Å². The third kappa shape index (κ3) is 4.14. The molecule has 5 rings (SSSR count). The fourth-order valence-corrected chi connectivity index (χ4v) is 6.53. The lowest BCUT2D eigenvalue weighted by Crippen LogP contribution is -2.33. The van der Waals surface area contributed by atoms with Gasteiger partial charge in [-0.05, 0) is 44.2 Å². The van der Waals surface area contributed by atoms with E-state index in [1.807, 2.05) is 47.9 Å². The Morgan fingerprint density at radius 1 is 1.30 bits per heavy atom. The number of nitrogens with zero attached hydrogens (tertiary/aromatic N) is 4. The van der Waals surface area contributed by atoms with E-state index in [0.29, 0.717) is 11.8 Å². The molecule has 3 aromatic heterocycles. The van der Waals surface area contributed by atoms with Gasteiger partial charge in [-0.3, -0.25) is 4.79 Å². The number of carbonyl (C=O) groups excluding carboxylic acids is 1. The molecule has 0 saturated carbocycles. The summed E-state index contributed by atoms with van der Waals surface area (Å²) in [5, 5.41) is 14.2. The average molecular weight is 500 g/mol. The number of anilines is 1. The molecule has 0 radical (unpaired) electrons. The first-order chi connectivity index (χ1) is 15.9. The molecular weight excluding hydrogens is 474 g/mol. The Morgan fingerprint density at radius 2 is 2.09 bits per heavy atom. The summed E-state index contributed by atoms with van der Waals surface area (Å²) in [6.07, 6.45) is 3.77. The van der Waals surface area contributed by atoms with Crippen molar-refractivity contribution in [2.24, 2.45) is 0 Å². The molecule has 1 aliphatic heterocycles. The number of thioether (sulfide) groups is 2. The van der Waals surface area contributed by atoms with Crippen molar-refractivity contribution in [1.29, 1.82) is 0 Å². The smallest absolute Gasteiger partial charge is 0.237 e. The Kier molecular flexibility index (Phi) is 6.11. The van der Waals surface area contributed by atoms with Crippen LogP contribution in [0, 0.1) is 0 Å². The van der Waals surface area contributed by atoms with E-state index in [1.54, 1.807) is 23.1 Å². The van der Waals surface area contributed by atoms with Crippen LogP contribution < -0.4 is 5.32 Å². The van der Waals surface area contributed by atoms with Crippen LogP contribution in [0.2, 0.25) is 0 Å². The van der Waals surface area contributed by atoms with E-state index in [2.05, 4.69) is 29.4 Å². The van der Waals surface area contributed by atoms with Crippen LogP contribution in [0.4, 0.5) is 5.69 Å². The number of amides is 1. The second-order valence-electron chi connectivity index (χ2n) is 8.31. The largest absolute Gasteiger partial charge is 0.369 e. The van der Waals surface area contributed by atoms with Crippen LogP contribution in [-0.2, 0) is 22.6 Å². The summed E-state index contributed by atoms with van der Waals surface area (Å²) in [6, 6.07) is 9.48. The second kappa shape index (κ2) is 8.90. The quantitative estimate of drug-likeness (QED) is 0.280. The fourth-order valence-electron chi connectivity index (χ4n) is 3.93. The maximum atomic E-state index is 12.8. The standard InChI is InChI=1S/C23H25N5O2S3/c1-5-23(3)11-15-16(12-30-23)33-20-17(15)18-26-27-22(28(18)21(25-20)31-4)32-13(2)19(29)24-14-9-7-6-8-10-14/h6-10,13H,5,11-12H2,1-4H3,(H,24,29)/t13-,23-/m0/s1. The number of aromatic nitrogens is 4. The molecule has 0 fully saturated rings. The number of hydrogen-bond donors (Lipinski definition) is 1. The molecule has 0 saturated heterocycles. The zero-order chi connectivity index (χ0) is 23.2. The van der Waals surface area contributed by atoms with Gasteiger partial charge in [0.1, 0.15) is 4.83 Å². The van der Waals surface area contributed by atoms with Gasteiger partial charge in [0.05, 0.1) is 22.8 Å². The van der Waals surface area contributed by atoms with Crippen LogP contribution in [0.5, 0.6) is 0 Å². The maximum Gasteiger partial charge on any atom is 0.237 e. The van der Waals surface area contributed by atoms with E-state index >= 15 is 0 Å². The fraction of sp³-hybridized carbons (Fsp3) is 0.391. The van der Waals surface area contributed by atoms with Gasteiger partial charge in [-0.25, -0.2) is 9.38 Å². The van der Waals surface area contributed by atoms with Gasteiger partial charge in [0.25, 0.3) is 0 Å². The predicted molar refractivity (Wildman–Crippen MR) is 136 cm³/mol. The lowest BCUT2D eigenvalue weighted by atomic mass is 9.90. The van der Waals surface area contributed by atoms with Crippen molar-refractivity contribution in [2.75, 3.05) is 11.6 Å². The van der Waals surface area contributed by atoms with E-state index in [-0.39, 0.29) is 16.8 Å². The van der Waals surface area contributed by atoms with Gasteiger partial charge in [0, 0.05) is 17.0 Å². The van der Waals surface area contributed by atoms with E-state index in [4.69, 9.17) is 9.72 Å². The summed E-state index contributed by atoms with van der Waals surface area (Å²) in [5.41, 5.74) is 2.67. The number of ether oxygens (including phenoxy) is 1. The first kappa shape index (κ1) is 22.6. The molecule has 0 bridgehead atoms. The lowest BCUT2D eigenvalue weighted by Gasteiger charge is -2.33. The highest BCUT2D eigenvalue weighted by Gasteiger charge is 2.34. The summed E-state index contributed by atoms with van der Waals surface area (Å²) in [5.74, 6) is -0.0773. The molecule has 7 nitrogen and oxygen atoms in total. The highest BCUT2D eigenvalue weighted by atomic mass is 32.2. The normalized spacial score (nSPS) is 19.0. The summed E-state index contributed by atoms with van der Waals surface area (Å²) in [6.45, 7) is 6.81. The number of hydrogen-bond acceptors (Lipinski definition) is 8. The highest BCUT2D eigenvalue weighted by Crippen LogP contribution is 2.42. The minimum absolute atomic E-state index is 0.0773. The maximum absolute atomic E-state index is 12.8. The van der Waals surface area contributed by atoms with Crippen molar-refractivity contribution in [1.82, 2.24) is 19.6 Å². The van der Waals surface area contributed by atoms with Gasteiger partial charge in [0.2, 0.25) is 5.91 Å². The summed E-state index contributed by atoms with van der Waals surface area (Å²) in [4.78, 5) is 19.9. The number of para-hydroxylation sites is 1. The molecule has 4 heterocycles. The van der Waals surface area contributed by atoms with Crippen molar-refractivity contribution >= 4 is 62.3 Å². The molecule has 33 heavy (non-hydrogen) atoms. The number of carbonyl (C=O) groups is 1. The molecule has 172 valence electrons. The molecule has 1 N–H and O–H groups in total. The molecule has 2 atom stereocenters. The van der Waals surface area contributed by atoms with Gasteiger partial charge in [-0.15, -0.1) is 21.5 Å². The van der Waals surface area contributed by atoms with Crippen LogP contribution in [0.25, 0.3) is 15.9 Å². The first-order valence-corrected chi connectivity index (χ1v) is 13.7. The Balaban J connectivity index is 1.52. The Bertz CT molecular complexity index is 1340. The molecule has 0 aliphatic carbocycles. The lowest BCUT2D eigenvalue weighted by molar-refractivity contribution is -0.115. The van der Waals surface area contributed by atoms with E-state index in [9.17, 15) is 4.79 Å². The van der Waals surface area contributed by atoms with Crippen LogP contribution in [0.3, 0.4) is 0 Å². The van der Waals surface area contributed by atoms with Crippen LogP contribution in [-0.4, -0.2) is 42.6 Å². The minimum Gasteiger partial charge on any atom is -0.369 e. The molecule has 1 amide bonds. The summed E-state index contributed by atoms with van der Waals surface area (Å²) >= 11 is 4.63. The first-order valence-electron chi connectivity index (χ1n) is 10.8. The van der Waals surface area contributed by atoms with Crippen molar-refractivity contribution in [3.63, 3.8) is 0 Å². The number of rotatable bonds is 6. The third-order valence-corrected chi connectivity index (χ3v) is 8.82. The highest BCUT2D eigenvalue weighted by molar-refractivity contribution is 8.00. The van der Waals surface area contributed by atoms with Crippen LogP contribution in [0.15, 0.2) is 40.6 Å². The molecule has 1 aromatic carbocycles. The predicted octanol–water partition coefficient (Wildman–Crippen LogP) is 5.42. The number of nitrogens with one attached hydrogen (secondary N) is 1. The summed E-state index contributed by atoms with van der Waals surface area (Å²) in [7, 11) is 0. The van der Waals surface area contributed by atoms with Crippen molar-refractivity contribution < 1.29 is 9.53 Å².